The molecule has 0 aliphatic carbocycles. The van der Waals surface area contributed by atoms with E-state index in [-0.39, 0.29) is 13.0 Å². The van der Waals surface area contributed by atoms with Gasteiger partial charge in [-0.3, -0.25) is 14.4 Å². The van der Waals surface area contributed by atoms with Crippen LogP contribution in [0.4, 0.5) is 4.79 Å². The lowest BCUT2D eigenvalue weighted by atomic mass is 9.91. The molecule has 3 amide bonds. The van der Waals surface area contributed by atoms with Crippen LogP contribution in [0.2, 0.25) is 0 Å². The molecule has 0 aliphatic rings. The smallest absolute Gasteiger partial charge is 0.408 e. The summed E-state index contributed by atoms with van der Waals surface area (Å²) in [5.41, 5.74) is 6.82. The Morgan fingerprint density at radius 3 is 2.06 bits per heavy atom. The zero-order valence-electron chi connectivity index (χ0n) is 19.1. The van der Waals surface area contributed by atoms with Gasteiger partial charge in [-0.05, 0) is 24.0 Å². The van der Waals surface area contributed by atoms with Crippen molar-refractivity contribution in [2.45, 2.75) is 51.3 Å². The molecule has 34 heavy (non-hydrogen) atoms. The van der Waals surface area contributed by atoms with Gasteiger partial charge in [-0.1, -0.05) is 80.4 Å². The number of unbranched alkanes of at least 4 members (excludes halogenated alkanes) is 1. The number of carbonyl (C=O) groups is 4. The van der Waals surface area contributed by atoms with E-state index in [4.69, 9.17) is 10.5 Å². The second-order valence-corrected chi connectivity index (χ2v) is 7.92. The standard InChI is InChI=1S/C25H31N3O6/c1-2-3-14-20(22(26)29)27-23(30)21(19(24(31)32)15-17-10-6-4-7-11-17)28-25(33)34-16-18-12-8-5-9-13-18/h4-13,19-21H,2-3,14-16H2,1H3,(H2,26,29)(H,27,30)(H,28,33)(H,31,32)/t19?,20?,21-/m0/s1. The third-order valence-electron chi connectivity index (χ3n) is 5.29. The van der Waals surface area contributed by atoms with Gasteiger partial charge in [-0.2, -0.15) is 0 Å². The van der Waals surface area contributed by atoms with Gasteiger partial charge in [0.1, 0.15) is 18.7 Å². The fraction of sp³-hybridized carbons (Fsp3) is 0.360. The summed E-state index contributed by atoms with van der Waals surface area (Å²) in [6, 6.07) is 15.2. The number of primary amides is 1. The summed E-state index contributed by atoms with van der Waals surface area (Å²) in [7, 11) is 0. The van der Waals surface area contributed by atoms with E-state index in [0.29, 0.717) is 18.4 Å². The van der Waals surface area contributed by atoms with Gasteiger partial charge in [0.2, 0.25) is 11.8 Å². The first-order chi connectivity index (χ1) is 16.3. The molecule has 0 spiro atoms. The van der Waals surface area contributed by atoms with E-state index >= 15 is 0 Å². The molecule has 0 radical (unpaired) electrons. The summed E-state index contributed by atoms with van der Waals surface area (Å²) >= 11 is 0. The lowest BCUT2D eigenvalue weighted by Crippen LogP contribution is -2.57. The minimum atomic E-state index is -1.50. The summed E-state index contributed by atoms with van der Waals surface area (Å²) in [6.07, 6.45) is 0.742. The van der Waals surface area contributed by atoms with E-state index in [1.807, 2.05) is 13.0 Å². The Kier molecular flexibility index (Phi) is 10.6. The zero-order chi connectivity index (χ0) is 24.9. The average molecular weight is 470 g/mol. The number of hydrogen-bond acceptors (Lipinski definition) is 5. The largest absolute Gasteiger partial charge is 0.481 e. The molecule has 0 heterocycles. The fourth-order valence-corrected chi connectivity index (χ4v) is 3.41. The van der Waals surface area contributed by atoms with Crippen LogP contribution in [0, 0.1) is 5.92 Å². The number of aliphatic carboxylic acids is 1. The molecule has 9 heteroatoms. The SMILES string of the molecule is CCCCC(NC(=O)[C@@H](NC(=O)OCc1ccccc1)C(Cc1ccccc1)C(=O)O)C(N)=O. The van der Waals surface area contributed by atoms with Crippen LogP contribution in [0.25, 0.3) is 0 Å². The molecule has 2 rings (SSSR count). The van der Waals surface area contributed by atoms with Crippen molar-refractivity contribution >= 4 is 23.9 Å². The maximum atomic E-state index is 13.1. The molecule has 5 N–H and O–H groups in total. The van der Waals surface area contributed by atoms with Crippen LogP contribution in [0.15, 0.2) is 60.7 Å². The first-order valence-electron chi connectivity index (χ1n) is 11.2. The van der Waals surface area contributed by atoms with Crippen molar-refractivity contribution in [1.82, 2.24) is 10.6 Å². The quantitative estimate of drug-likeness (QED) is 0.354. The minimum Gasteiger partial charge on any atom is -0.481 e. The number of carboxylic acids is 1. The molecule has 182 valence electrons. The molecule has 9 nitrogen and oxygen atoms in total. The highest BCUT2D eigenvalue weighted by atomic mass is 16.5. The second kappa shape index (κ2) is 13.6. The molecule has 2 aromatic rings. The van der Waals surface area contributed by atoms with Gasteiger partial charge in [0.05, 0.1) is 5.92 Å². The highest BCUT2D eigenvalue weighted by molar-refractivity contribution is 5.93. The number of nitrogens with two attached hydrogens (primary N) is 1. The van der Waals surface area contributed by atoms with E-state index in [9.17, 15) is 24.3 Å². The van der Waals surface area contributed by atoms with E-state index in [1.165, 1.54) is 0 Å². The van der Waals surface area contributed by atoms with Gasteiger partial charge in [0.15, 0.2) is 0 Å². The number of benzene rings is 2. The number of nitrogens with one attached hydrogen (secondary N) is 2. The van der Waals surface area contributed by atoms with E-state index < -0.39 is 41.9 Å². The molecule has 0 fully saturated rings. The monoisotopic (exact) mass is 469 g/mol. The molecule has 0 saturated carbocycles. The van der Waals surface area contributed by atoms with Crippen LogP contribution in [0.5, 0.6) is 0 Å². The van der Waals surface area contributed by atoms with Crippen molar-refractivity contribution in [3.05, 3.63) is 71.8 Å². The number of amides is 3. The number of carboxylic acid groups (broad SMARTS) is 1. The summed E-state index contributed by atoms with van der Waals surface area (Å²) < 4.78 is 5.19. The van der Waals surface area contributed by atoms with Crippen molar-refractivity contribution in [2.24, 2.45) is 11.7 Å². The van der Waals surface area contributed by atoms with Crippen LogP contribution < -0.4 is 16.4 Å². The molecule has 3 atom stereocenters. The van der Waals surface area contributed by atoms with Crippen LogP contribution in [0.3, 0.4) is 0 Å². The Balaban J connectivity index is 2.22. The lowest BCUT2D eigenvalue weighted by molar-refractivity contribution is -0.145. The third kappa shape index (κ3) is 8.57. The Morgan fingerprint density at radius 1 is 0.941 bits per heavy atom. The Labute approximate surface area is 198 Å². The maximum absolute atomic E-state index is 13.1. The van der Waals surface area contributed by atoms with Crippen molar-refractivity contribution in [3.8, 4) is 0 Å². The molecular weight excluding hydrogens is 438 g/mol. The van der Waals surface area contributed by atoms with Crippen LogP contribution >= 0.6 is 0 Å². The number of ether oxygens (including phenoxy) is 1. The van der Waals surface area contributed by atoms with E-state index in [0.717, 1.165) is 12.0 Å². The molecule has 0 saturated heterocycles. The Hall–Kier alpha value is -3.88. The van der Waals surface area contributed by atoms with Gasteiger partial charge >= 0.3 is 12.1 Å². The highest BCUT2D eigenvalue weighted by Gasteiger charge is 2.37. The molecule has 0 aromatic heterocycles. The topological polar surface area (TPSA) is 148 Å². The molecule has 2 aromatic carbocycles. The summed E-state index contributed by atoms with van der Waals surface area (Å²) in [4.78, 5) is 49.6. The lowest BCUT2D eigenvalue weighted by Gasteiger charge is -2.26. The van der Waals surface area contributed by atoms with Crippen molar-refractivity contribution < 1.29 is 29.0 Å². The number of carbonyl (C=O) groups excluding carboxylic acids is 3. The predicted molar refractivity (Wildman–Crippen MR) is 125 cm³/mol. The van der Waals surface area contributed by atoms with Crippen molar-refractivity contribution in [3.63, 3.8) is 0 Å². The van der Waals surface area contributed by atoms with Gasteiger partial charge in [0, 0.05) is 0 Å². The summed E-state index contributed by atoms with van der Waals surface area (Å²) in [6.45, 7) is 1.87. The maximum Gasteiger partial charge on any atom is 0.408 e. The first-order valence-corrected chi connectivity index (χ1v) is 11.2. The molecule has 0 aliphatic heterocycles. The average Bonchev–Trinajstić information content (AvgIpc) is 2.83. The van der Waals surface area contributed by atoms with Gasteiger partial charge in [0.25, 0.3) is 0 Å². The fourth-order valence-electron chi connectivity index (χ4n) is 3.41. The zero-order valence-corrected chi connectivity index (χ0v) is 19.1. The van der Waals surface area contributed by atoms with Crippen LogP contribution in [-0.2, 0) is 32.1 Å². The van der Waals surface area contributed by atoms with Gasteiger partial charge < -0.3 is 26.2 Å². The number of rotatable bonds is 13. The summed E-state index contributed by atoms with van der Waals surface area (Å²) in [5, 5.41) is 14.8. The molecular formula is C25H31N3O6. The molecule has 0 bridgehead atoms. The van der Waals surface area contributed by atoms with Crippen molar-refractivity contribution in [2.75, 3.05) is 0 Å². The van der Waals surface area contributed by atoms with E-state index in [2.05, 4.69) is 10.6 Å². The van der Waals surface area contributed by atoms with Gasteiger partial charge in [-0.15, -0.1) is 0 Å². The van der Waals surface area contributed by atoms with Crippen LogP contribution in [-0.4, -0.2) is 41.1 Å². The normalized spacial score (nSPS) is 13.2. The number of alkyl carbamates (subject to hydrolysis) is 1. The first kappa shape index (κ1) is 26.4. The highest BCUT2D eigenvalue weighted by Crippen LogP contribution is 2.15. The van der Waals surface area contributed by atoms with Crippen LogP contribution in [0.1, 0.15) is 37.3 Å². The van der Waals surface area contributed by atoms with Crippen molar-refractivity contribution in [1.29, 1.82) is 0 Å². The Morgan fingerprint density at radius 2 is 1.53 bits per heavy atom. The minimum absolute atomic E-state index is 0.0244. The number of hydrogen-bond donors (Lipinski definition) is 4. The second-order valence-electron chi connectivity index (χ2n) is 7.92. The van der Waals surface area contributed by atoms with E-state index in [1.54, 1.807) is 54.6 Å². The third-order valence-corrected chi connectivity index (χ3v) is 5.29. The van der Waals surface area contributed by atoms with Gasteiger partial charge in [-0.25, -0.2) is 4.79 Å². The Bertz CT molecular complexity index is 952. The molecule has 2 unspecified atom stereocenters. The summed E-state index contributed by atoms with van der Waals surface area (Å²) in [5.74, 6) is -4.15. The predicted octanol–water partition coefficient (Wildman–Crippen LogP) is 2.39.